The number of benzene rings is 2. The van der Waals surface area contributed by atoms with Crippen LogP contribution in [0.3, 0.4) is 0 Å². The van der Waals surface area contributed by atoms with Crippen molar-refractivity contribution in [1.29, 1.82) is 0 Å². The Morgan fingerprint density at radius 1 is 0.758 bits per heavy atom. The number of hydrogen-bond acceptors (Lipinski definition) is 10. The first-order valence-corrected chi connectivity index (χ1v) is 22.1. The number of carbonyl (C=O) groups is 4. The molecule has 17 heteroatoms. The lowest BCUT2D eigenvalue weighted by molar-refractivity contribution is -0.176. The van der Waals surface area contributed by atoms with Crippen LogP contribution in [-0.2, 0) is 31.2 Å². The highest BCUT2D eigenvalue weighted by atomic mass is 19.4. The number of hydrogen-bond donors (Lipinski definition) is 5. The van der Waals surface area contributed by atoms with Crippen molar-refractivity contribution in [2.45, 2.75) is 133 Å². The summed E-state index contributed by atoms with van der Waals surface area (Å²) in [6.07, 6.45) is -2.53. The minimum Gasteiger partial charge on any atom is -0.497 e. The summed E-state index contributed by atoms with van der Waals surface area (Å²) in [7, 11) is 1.62. The van der Waals surface area contributed by atoms with Crippen LogP contribution in [0.25, 0.3) is 0 Å². The molecule has 8 fully saturated rings. The molecule has 0 aromatic heterocycles. The molecule has 6 amide bonds. The standard InChI is InChI=1S/C45H51F3N6O8/c1-3-52-23-37-19-40(29-17-25(61-2)5-7-27(29)37)22-42(10-12-43(40,59)31(37)52)34(56)54(36(58)51-42)14-4-16-62-26-6-8-28-30(18-26)39-20-38(28)24-53(15-13-45(46,47)48)32(38)44(39,60)11-9-41(21-39)33(55)49-35(57)50-41/h5-8,17-18,31-32,59-60H,3-4,9-16,19-24H2,1-2H3,(H,51,58)(H2,49,50,55,57)/t31-,32-,37?,38?,39-,40-,41+,42+,43-,44-/m1/s1. The number of ether oxygens (including phenoxy) is 2. The van der Waals surface area contributed by atoms with Crippen molar-refractivity contribution in [1.82, 2.24) is 30.7 Å². The lowest BCUT2D eigenvalue weighted by atomic mass is 9.52. The Balaban J connectivity index is 0.776. The van der Waals surface area contributed by atoms with Crippen LogP contribution in [0, 0.1) is 0 Å². The number of rotatable bonds is 9. The average molecular weight is 861 g/mol. The normalized spacial score (nSPS) is 42.7. The van der Waals surface area contributed by atoms with E-state index < -0.39 is 75.1 Å². The highest BCUT2D eigenvalue weighted by Crippen LogP contribution is 2.76. The van der Waals surface area contributed by atoms with Gasteiger partial charge in [-0.1, -0.05) is 19.1 Å². The Morgan fingerprint density at radius 2 is 1.35 bits per heavy atom. The summed E-state index contributed by atoms with van der Waals surface area (Å²) >= 11 is 0. The first-order chi connectivity index (χ1) is 29.4. The summed E-state index contributed by atoms with van der Waals surface area (Å²) in [5, 5.41) is 33.7. The molecule has 2 aromatic carbocycles. The van der Waals surface area contributed by atoms with E-state index in [1.54, 1.807) is 12.0 Å². The van der Waals surface area contributed by atoms with E-state index in [9.17, 15) is 42.6 Å². The molecule has 4 heterocycles. The predicted octanol–water partition coefficient (Wildman–Crippen LogP) is 2.99. The van der Waals surface area contributed by atoms with Gasteiger partial charge in [-0.2, -0.15) is 13.2 Å². The van der Waals surface area contributed by atoms with Gasteiger partial charge in [-0.15, -0.1) is 0 Å². The molecule has 12 rings (SSSR count). The number of likely N-dealkylation sites (N-methyl/N-ethyl adjacent to an activating group) is 1. The second kappa shape index (κ2) is 11.8. The van der Waals surface area contributed by atoms with Crippen molar-refractivity contribution >= 4 is 23.9 Å². The third-order valence-electron chi connectivity index (χ3n) is 18.1. The monoisotopic (exact) mass is 860 g/mol. The molecule has 4 saturated heterocycles. The Labute approximate surface area is 355 Å². The number of likely N-dealkylation sites (tertiary alicyclic amines) is 2. The fourth-order valence-electron chi connectivity index (χ4n) is 16.1. The van der Waals surface area contributed by atoms with Crippen LogP contribution in [0.2, 0.25) is 0 Å². The third-order valence-corrected chi connectivity index (χ3v) is 18.1. The van der Waals surface area contributed by atoms with Crippen LogP contribution in [0.1, 0.15) is 93.4 Å². The molecule has 2 aromatic rings. The van der Waals surface area contributed by atoms with Crippen LogP contribution in [-0.4, -0.2) is 136 Å². The average Bonchev–Trinajstić information content (AvgIpc) is 3.92. The first kappa shape index (κ1) is 39.2. The van der Waals surface area contributed by atoms with E-state index in [0.29, 0.717) is 56.6 Å². The molecule has 5 N–H and O–H groups in total. The molecule has 4 bridgehead atoms. The van der Waals surface area contributed by atoms with Gasteiger partial charge in [0.1, 0.15) is 22.6 Å². The summed E-state index contributed by atoms with van der Waals surface area (Å²) in [6.45, 7) is 4.11. The molecule has 62 heavy (non-hydrogen) atoms. The number of imide groups is 2. The second-order valence-electron chi connectivity index (χ2n) is 20.5. The summed E-state index contributed by atoms with van der Waals surface area (Å²) in [5.74, 6) is 0.409. The van der Waals surface area contributed by atoms with Crippen molar-refractivity contribution < 1.29 is 52.0 Å². The van der Waals surface area contributed by atoms with Gasteiger partial charge in [0.05, 0.1) is 43.4 Å². The smallest absolute Gasteiger partial charge is 0.390 e. The molecule has 330 valence electrons. The molecule has 6 aliphatic carbocycles. The van der Waals surface area contributed by atoms with E-state index in [-0.39, 0.29) is 56.3 Å². The highest BCUT2D eigenvalue weighted by molar-refractivity contribution is 6.08. The molecule has 4 aliphatic heterocycles. The molecular formula is C45H51F3N6O8. The Bertz CT molecular complexity index is 2420. The van der Waals surface area contributed by atoms with Crippen LogP contribution in [0.4, 0.5) is 22.8 Å². The zero-order valence-electron chi connectivity index (χ0n) is 34.8. The van der Waals surface area contributed by atoms with Gasteiger partial charge in [-0.3, -0.25) is 29.6 Å². The molecule has 4 saturated carbocycles. The summed E-state index contributed by atoms with van der Waals surface area (Å²) in [6, 6.07) is 9.99. The number of urea groups is 2. The third kappa shape index (κ3) is 4.37. The van der Waals surface area contributed by atoms with E-state index >= 15 is 0 Å². The van der Waals surface area contributed by atoms with Crippen LogP contribution in [0.15, 0.2) is 36.4 Å². The van der Waals surface area contributed by atoms with Crippen molar-refractivity contribution in [2.24, 2.45) is 0 Å². The maximum absolute atomic E-state index is 14.5. The van der Waals surface area contributed by atoms with Crippen molar-refractivity contribution in [3.8, 4) is 11.5 Å². The number of nitrogens with one attached hydrogen (secondary N) is 3. The van der Waals surface area contributed by atoms with Gasteiger partial charge in [0.15, 0.2) is 0 Å². The van der Waals surface area contributed by atoms with E-state index in [4.69, 9.17) is 9.47 Å². The highest BCUT2D eigenvalue weighted by Gasteiger charge is 2.84. The second-order valence-corrected chi connectivity index (χ2v) is 20.5. The number of carbonyl (C=O) groups excluding carboxylic acids is 4. The van der Waals surface area contributed by atoms with Gasteiger partial charge in [-0.25, -0.2) is 9.59 Å². The molecule has 10 aliphatic rings. The largest absolute Gasteiger partial charge is 0.497 e. The van der Waals surface area contributed by atoms with Gasteiger partial charge in [-0.05, 0) is 111 Å². The number of aliphatic hydroxyl groups is 2. The number of methoxy groups -OCH3 is 1. The van der Waals surface area contributed by atoms with Gasteiger partial charge < -0.3 is 30.3 Å². The maximum atomic E-state index is 14.5. The number of alkyl halides is 3. The summed E-state index contributed by atoms with van der Waals surface area (Å²) in [5.41, 5.74) is -3.63. The lowest BCUT2D eigenvalue weighted by Crippen LogP contribution is -2.76. The Kier molecular flexibility index (Phi) is 7.46. The zero-order valence-corrected chi connectivity index (χ0v) is 34.8. The van der Waals surface area contributed by atoms with E-state index in [0.717, 1.165) is 29.8 Å². The molecular weight excluding hydrogens is 810 g/mol. The summed E-state index contributed by atoms with van der Waals surface area (Å²) < 4.78 is 52.1. The van der Waals surface area contributed by atoms with Gasteiger partial charge >= 0.3 is 18.2 Å². The molecule has 6 spiro atoms. The minimum atomic E-state index is -4.35. The van der Waals surface area contributed by atoms with Gasteiger partial charge in [0.2, 0.25) is 0 Å². The van der Waals surface area contributed by atoms with E-state index in [2.05, 4.69) is 33.8 Å². The van der Waals surface area contributed by atoms with Crippen LogP contribution in [0.5, 0.6) is 11.5 Å². The van der Waals surface area contributed by atoms with Crippen LogP contribution >= 0.6 is 0 Å². The topological polar surface area (TPSA) is 173 Å². The van der Waals surface area contributed by atoms with Crippen molar-refractivity contribution in [3.05, 3.63) is 58.7 Å². The number of amides is 6. The fraction of sp³-hybridized carbons (Fsp3) is 0.644. The SMILES string of the molecule is CCN1CC23C[C@@]4(C[C@]5(CC[C@@]4(O)[C@H]12)NC(=O)N(CCCOc1ccc2c(c1)[C@]14CC26CN(CCC(F)(F)F)[C@H]6[C@]1(O)CC[C@@]1(C4)NC(=O)NC1=O)C5=O)c1cc(OC)ccc13. The zero-order chi connectivity index (χ0) is 43.3. The first-order valence-electron chi connectivity index (χ1n) is 22.1. The van der Waals surface area contributed by atoms with Gasteiger partial charge in [0, 0.05) is 47.8 Å². The van der Waals surface area contributed by atoms with Crippen molar-refractivity contribution in [2.75, 3.05) is 46.4 Å². The maximum Gasteiger partial charge on any atom is 0.390 e. The predicted molar refractivity (Wildman–Crippen MR) is 213 cm³/mol. The van der Waals surface area contributed by atoms with E-state index in [1.165, 1.54) is 10.5 Å². The Hall–Kier alpha value is -4.45. The van der Waals surface area contributed by atoms with E-state index in [1.807, 2.05) is 30.3 Å². The van der Waals surface area contributed by atoms with Gasteiger partial charge in [0.25, 0.3) is 11.8 Å². The Morgan fingerprint density at radius 3 is 1.97 bits per heavy atom. The number of halogens is 3. The number of nitrogens with zero attached hydrogens (tertiary/aromatic N) is 3. The number of fused-ring (bicyclic) bond motifs is 4. The fourth-order valence-corrected chi connectivity index (χ4v) is 16.1. The molecule has 14 nitrogen and oxygen atoms in total. The molecule has 10 atom stereocenters. The quantitative estimate of drug-likeness (QED) is 0.187. The minimum absolute atomic E-state index is 0.0587. The summed E-state index contributed by atoms with van der Waals surface area (Å²) in [4.78, 5) is 59.3. The molecule has 0 radical (unpaired) electrons. The van der Waals surface area contributed by atoms with Crippen LogP contribution < -0.4 is 25.4 Å². The van der Waals surface area contributed by atoms with Crippen molar-refractivity contribution in [3.63, 3.8) is 0 Å². The lowest BCUT2D eigenvalue weighted by Gasteiger charge is -2.63. The molecule has 2 unspecified atom stereocenters.